The van der Waals surface area contributed by atoms with Crippen molar-refractivity contribution in [1.82, 2.24) is 10.2 Å². The molecule has 3 rings (SSSR count). The van der Waals surface area contributed by atoms with Gasteiger partial charge >= 0.3 is 0 Å². The van der Waals surface area contributed by atoms with Crippen LogP contribution in [0.25, 0.3) is 0 Å². The number of aromatic nitrogens is 2. The van der Waals surface area contributed by atoms with Gasteiger partial charge in [0, 0.05) is 0 Å². The molecule has 1 aromatic heterocycles. The number of oxime groups is 1. The third-order valence-electron chi connectivity index (χ3n) is 3.41. The van der Waals surface area contributed by atoms with Crippen molar-refractivity contribution in [2.24, 2.45) is 5.16 Å². The first kappa shape index (κ1) is 16.7. The zero-order chi connectivity index (χ0) is 17.3. The van der Waals surface area contributed by atoms with Gasteiger partial charge in [0.1, 0.15) is 12.4 Å². The first-order valence-corrected chi connectivity index (χ1v) is 8.02. The van der Waals surface area contributed by atoms with Crippen LogP contribution in [0.1, 0.15) is 24.3 Å². The molecule has 6 heteroatoms. The van der Waals surface area contributed by atoms with Crippen LogP contribution in [0.2, 0.25) is 0 Å². The second-order valence-corrected chi connectivity index (χ2v) is 5.32. The lowest BCUT2D eigenvalue weighted by atomic mass is 10.1. The SMILES string of the molecule is C/C(=N\OCCc1nnc(COc2ccccc2)o1)c1ccccc1. The van der Waals surface area contributed by atoms with Gasteiger partial charge in [-0.2, -0.15) is 0 Å². The van der Waals surface area contributed by atoms with Gasteiger partial charge in [0.2, 0.25) is 5.89 Å². The highest BCUT2D eigenvalue weighted by atomic mass is 16.6. The van der Waals surface area contributed by atoms with Crippen molar-refractivity contribution in [3.05, 3.63) is 78.0 Å². The largest absolute Gasteiger partial charge is 0.484 e. The lowest BCUT2D eigenvalue weighted by Gasteiger charge is -2.02. The predicted octanol–water partition coefficient (Wildman–Crippen LogP) is 3.63. The predicted molar refractivity (Wildman–Crippen MR) is 93.4 cm³/mol. The maximum atomic E-state index is 5.56. The second kappa shape index (κ2) is 8.63. The highest BCUT2D eigenvalue weighted by Gasteiger charge is 2.07. The van der Waals surface area contributed by atoms with E-state index in [1.807, 2.05) is 67.6 Å². The number of ether oxygens (including phenoxy) is 1. The standard InChI is InChI=1S/C19H19N3O3/c1-15(16-8-4-2-5-9-16)22-24-13-12-18-20-21-19(25-18)14-23-17-10-6-3-7-11-17/h2-11H,12-14H2,1H3/b22-15+. The van der Waals surface area contributed by atoms with Crippen molar-refractivity contribution in [3.8, 4) is 5.75 Å². The number of benzene rings is 2. The van der Waals surface area contributed by atoms with Crippen molar-refractivity contribution >= 4 is 5.71 Å². The van der Waals surface area contributed by atoms with Crippen LogP contribution >= 0.6 is 0 Å². The second-order valence-electron chi connectivity index (χ2n) is 5.32. The Hall–Kier alpha value is -3.15. The Morgan fingerprint density at radius 1 is 0.960 bits per heavy atom. The first-order chi connectivity index (χ1) is 12.3. The molecule has 25 heavy (non-hydrogen) atoms. The third-order valence-corrected chi connectivity index (χ3v) is 3.41. The molecule has 0 aliphatic heterocycles. The molecular formula is C19H19N3O3. The summed E-state index contributed by atoms with van der Waals surface area (Å²) in [4.78, 5) is 5.32. The van der Waals surface area contributed by atoms with Crippen molar-refractivity contribution < 1.29 is 14.0 Å². The Balaban J connectivity index is 1.43. The highest BCUT2D eigenvalue weighted by molar-refractivity contribution is 5.98. The van der Waals surface area contributed by atoms with Gasteiger partial charge in [-0.05, 0) is 24.6 Å². The Kier molecular flexibility index (Phi) is 5.77. The molecule has 128 valence electrons. The molecule has 0 radical (unpaired) electrons. The summed E-state index contributed by atoms with van der Waals surface area (Å²) in [5.41, 5.74) is 1.85. The van der Waals surface area contributed by atoms with Crippen molar-refractivity contribution in [2.45, 2.75) is 20.0 Å². The number of hydrogen-bond donors (Lipinski definition) is 0. The molecule has 3 aromatic rings. The average molecular weight is 337 g/mol. The average Bonchev–Trinajstić information content (AvgIpc) is 3.13. The zero-order valence-electron chi connectivity index (χ0n) is 14.0. The smallest absolute Gasteiger partial charge is 0.253 e. The van der Waals surface area contributed by atoms with Crippen molar-refractivity contribution in [1.29, 1.82) is 0 Å². The molecule has 0 bridgehead atoms. The summed E-state index contributed by atoms with van der Waals surface area (Å²) < 4.78 is 11.1. The van der Waals surface area contributed by atoms with E-state index in [0.717, 1.165) is 17.0 Å². The molecule has 0 saturated heterocycles. The van der Waals surface area contributed by atoms with E-state index in [2.05, 4.69) is 15.4 Å². The molecule has 0 spiro atoms. The Morgan fingerprint density at radius 3 is 2.40 bits per heavy atom. The van der Waals surface area contributed by atoms with Gasteiger partial charge in [0.15, 0.2) is 6.61 Å². The quantitative estimate of drug-likeness (QED) is 0.357. The maximum Gasteiger partial charge on any atom is 0.253 e. The Morgan fingerprint density at radius 2 is 1.64 bits per heavy atom. The van der Waals surface area contributed by atoms with Crippen LogP contribution < -0.4 is 4.74 Å². The van der Waals surface area contributed by atoms with Crippen LogP contribution in [-0.4, -0.2) is 22.5 Å². The van der Waals surface area contributed by atoms with Crippen LogP contribution in [0, 0.1) is 0 Å². The van der Waals surface area contributed by atoms with Crippen molar-refractivity contribution in [3.63, 3.8) is 0 Å². The zero-order valence-corrected chi connectivity index (χ0v) is 14.0. The first-order valence-electron chi connectivity index (χ1n) is 8.02. The van der Waals surface area contributed by atoms with Gasteiger partial charge in [0.25, 0.3) is 5.89 Å². The van der Waals surface area contributed by atoms with Gasteiger partial charge in [-0.1, -0.05) is 53.7 Å². The van der Waals surface area contributed by atoms with Gasteiger partial charge in [-0.15, -0.1) is 10.2 Å². The van der Waals surface area contributed by atoms with Gasteiger partial charge in [-0.3, -0.25) is 0 Å². The topological polar surface area (TPSA) is 69.7 Å². The molecule has 0 aliphatic carbocycles. The Bertz CT molecular complexity index is 801. The summed E-state index contributed by atoms with van der Waals surface area (Å²) >= 11 is 0. The van der Waals surface area contributed by atoms with Crippen LogP contribution in [0.5, 0.6) is 5.75 Å². The molecule has 6 nitrogen and oxygen atoms in total. The van der Waals surface area contributed by atoms with E-state index < -0.39 is 0 Å². The lowest BCUT2D eigenvalue weighted by molar-refractivity contribution is 0.141. The monoisotopic (exact) mass is 337 g/mol. The van der Waals surface area contributed by atoms with Gasteiger partial charge in [-0.25, -0.2) is 0 Å². The fourth-order valence-corrected chi connectivity index (χ4v) is 2.12. The summed E-state index contributed by atoms with van der Waals surface area (Å²) in [5.74, 6) is 1.69. The van der Waals surface area contributed by atoms with Crippen LogP contribution in [0.4, 0.5) is 0 Å². The molecule has 0 amide bonds. The third kappa shape index (κ3) is 5.17. The molecule has 0 unspecified atom stereocenters. The number of nitrogens with zero attached hydrogens (tertiary/aromatic N) is 3. The summed E-state index contributed by atoms with van der Waals surface area (Å²) in [6.07, 6.45) is 0.490. The van der Waals surface area contributed by atoms with E-state index >= 15 is 0 Å². The molecule has 0 aliphatic rings. The summed E-state index contributed by atoms with van der Waals surface area (Å²) in [6.45, 7) is 2.51. The molecule has 2 aromatic carbocycles. The normalized spacial score (nSPS) is 11.3. The lowest BCUT2D eigenvalue weighted by Crippen LogP contribution is -1.99. The van der Waals surface area contributed by atoms with E-state index in [9.17, 15) is 0 Å². The Labute approximate surface area is 146 Å². The molecule has 1 heterocycles. The van der Waals surface area contributed by atoms with E-state index in [1.54, 1.807) is 0 Å². The van der Waals surface area contributed by atoms with Gasteiger partial charge in [0.05, 0.1) is 12.1 Å². The summed E-state index contributed by atoms with van der Waals surface area (Å²) in [6, 6.07) is 19.4. The minimum atomic E-state index is 0.239. The summed E-state index contributed by atoms with van der Waals surface area (Å²) in [5, 5.41) is 12.0. The van der Waals surface area contributed by atoms with E-state index in [4.69, 9.17) is 14.0 Å². The molecule has 0 fully saturated rings. The number of para-hydroxylation sites is 1. The van der Waals surface area contributed by atoms with Gasteiger partial charge < -0.3 is 14.0 Å². The molecular weight excluding hydrogens is 318 g/mol. The minimum absolute atomic E-state index is 0.239. The molecule has 0 atom stereocenters. The van der Waals surface area contributed by atoms with Crippen LogP contribution in [0.15, 0.2) is 70.2 Å². The maximum absolute atomic E-state index is 5.56. The van der Waals surface area contributed by atoms with Crippen molar-refractivity contribution in [2.75, 3.05) is 6.61 Å². The summed E-state index contributed by atoms with van der Waals surface area (Å²) in [7, 11) is 0. The number of rotatable bonds is 8. The van der Waals surface area contributed by atoms with E-state index in [1.165, 1.54) is 0 Å². The van der Waals surface area contributed by atoms with E-state index in [-0.39, 0.29) is 6.61 Å². The number of hydrogen-bond acceptors (Lipinski definition) is 6. The minimum Gasteiger partial charge on any atom is -0.484 e. The van der Waals surface area contributed by atoms with E-state index in [0.29, 0.717) is 24.8 Å². The highest BCUT2D eigenvalue weighted by Crippen LogP contribution is 2.11. The molecule has 0 N–H and O–H groups in total. The molecule has 0 saturated carbocycles. The van der Waals surface area contributed by atoms with Crippen LogP contribution in [0.3, 0.4) is 0 Å². The fraction of sp³-hybridized carbons (Fsp3) is 0.211. The van der Waals surface area contributed by atoms with Crippen LogP contribution in [-0.2, 0) is 17.9 Å². The fourth-order valence-electron chi connectivity index (χ4n) is 2.12.